The van der Waals surface area contributed by atoms with Gasteiger partial charge >= 0.3 is 5.97 Å². The van der Waals surface area contributed by atoms with Gasteiger partial charge in [0.25, 0.3) is 0 Å². The summed E-state index contributed by atoms with van der Waals surface area (Å²) in [4.78, 5) is 10.7. The van der Waals surface area contributed by atoms with Crippen LogP contribution in [-0.4, -0.2) is 21.0 Å². The number of aromatic carboxylic acids is 1. The van der Waals surface area contributed by atoms with Crippen molar-refractivity contribution in [1.29, 1.82) is 0 Å². The first kappa shape index (κ1) is 12.4. The predicted octanol–water partition coefficient (Wildman–Crippen LogP) is 2.42. The van der Waals surface area contributed by atoms with Gasteiger partial charge in [0.1, 0.15) is 0 Å². The zero-order valence-electron chi connectivity index (χ0n) is 8.20. The van der Waals surface area contributed by atoms with Crippen LogP contribution in [0.1, 0.15) is 22.8 Å². The lowest BCUT2D eigenvalue weighted by atomic mass is 10.1. The monoisotopic (exact) mass is 290 g/mol. The lowest BCUT2D eigenvalue weighted by Gasteiger charge is -2.04. The zero-order valence-corrected chi connectivity index (χ0v) is 10.6. The van der Waals surface area contributed by atoms with E-state index >= 15 is 0 Å². The number of rotatable bonds is 4. The Balaban J connectivity index is 2.93. The summed E-state index contributed by atoms with van der Waals surface area (Å²) in [5.74, 6) is 0.100. The first-order valence-electron chi connectivity index (χ1n) is 4.41. The molecule has 3 nitrogen and oxygen atoms in total. The second kappa shape index (κ2) is 5.42. The fourth-order valence-electron chi connectivity index (χ4n) is 1.07. The number of carboxylic acids is 1. The minimum absolute atomic E-state index is 0.230. The van der Waals surface area contributed by atoms with Gasteiger partial charge in [-0.2, -0.15) is 0 Å². The van der Waals surface area contributed by atoms with Gasteiger partial charge in [-0.05, 0) is 17.7 Å². The molecule has 0 aliphatic carbocycles. The Labute approximate surface area is 99.1 Å². The van der Waals surface area contributed by atoms with Gasteiger partial charge in [0.15, 0.2) is 0 Å². The van der Waals surface area contributed by atoms with Crippen molar-refractivity contribution in [3.05, 3.63) is 33.8 Å². The van der Waals surface area contributed by atoms with E-state index in [4.69, 9.17) is 5.11 Å². The molecule has 0 aliphatic rings. The Kier molecular flexibility index (Phi) is 4.47. The fourth-order valence-corrected chi connectivity index (χ4v) is 2.58. The Morgan fingerprint density at radius 2 is 2.20 bits per heavy atom. The first-order valence-corrected chi connectivity index (χ1v) is 6.69. The number of hydrogen-bond acceptors (Lipinski definition) is 2. The summed E-state index contributed by atoms with van der Waals surface area (Å²) in [5.41, 5.74) is 1.10. The van der Waals surface area contributed by atoms with Crippen LogP contribution in [0.3, 0.4) is 0 Å². The molecule has 1 unspecified atom stereocenters. The number of carbonyl (C=O) groups is 1. The van der Waals surface area contributed by atoms with Crippen LogP contribution in [0.15, 0.2) is 22.7 Å². The van der Waals surface area contributed by atoms with Crippen LogP contribution in [0.4, 0.5) is 0 Å². The molecule has 0 aromatic heterocycles. The van der Waals surface area contributed by atoms with Crippen LogP contribution in [0.2, 0.25) is 0 Å². The van der Waals surface area contributed by atoms with Crippen molar-refractivity contribution in [2.24, 2.45) is 0 Å². The molecule has 1 aromatic carbocycles. The quantitative estimate of drug-likeness (QED) is 0.927. The molecule has 1 atom stereocenters. The molecule has 0 heterocycles. The van der Waals surface area contributed by atoms with Crippen LogP contribution >= 0.6 is 15.9 Å². The second-order valence-electron chi connectivity index (χ2n) is 2.98. The largest absolute Gasteiger partial charge is 0.478 e. The molecule has 1 N–H and O–H groups in total. The van der Waals surface area contributed by atoms with Crippen molar-refractivity contribution in [1.82, 2.24) is 0 Å². The van der Waals surface area contributed by atoms with Crippen LogP contribution in [0.25, 0.3) is 0 Å². The summed E-state index contributed by atoms with van der Waals surface area (Å²) in [6.45, 7) is 1.86. The van der Waals surface area contributed by atoms with Crippen LogP contribution in [-0.2, 0) is 16.6 Å². The highest BCUT2D eigenvalue weighted by atomic mass is 79.9. The molecule has 0 saturated carbocycles. The molecular weight excluding hydrogens is 280 g/mol. The Hall–Kier alpha value is -0.680. The maximum Gasteiger partial charge on any atom is 0.335 e. The number of carboxylic acid groups (broad SMARTS) is 1. The van der Waals surface area contributed by atoms with Crippen molar-refractivity contribution in [3.63, 3.8) is 0 Å². The van der Waals surface area contributed by atoms with E-state index in [1.807, 2.05) is 6.92 Å². The van der Waals surface area contributed by atoms with Gasteiger partial charge in [0.2, 0.25) is 0 Å². The van der Waals surface area contributed by atoms with E-state index in [0.29, 0.717) is 16.0 Å². The maximum atomic E-state index is 11.3. The van der Waals surface area contributed by atoms with E-state index in [9.17, 15) is 9.00 Å². The second-order valence-corrected chi connectivity index (χ2v) is 5.58. The summed E-state index contributed by atoms with van der Waals surface area (Å²) in [6, 6.07) is 4.75. The average Bonchev–Trinajstić information content (AvgIpc) is 2.20. The third kappa shape index (κ3) is 3.43. The SMILES string of the molecule is CCS(=O)Cc1ccc(C(=O)O)cc1Br. The van der Waals surface area contributed by atoms with Crippen LogP contribution in [0.5, 0.6) is 0 Å². The molecule has 0 saturated heterocycles. The van der Waals surface area contributed by atoms with Crippen molar-refractivity contribution in [2.75, 3.05) is 5.75 Å². The lowest BCUT2D eigenvalue weighted by Crippen LogP contribution is -2.01. The molecule has 1 rings (SSSR count). The molecule has 1 aromatic rings. The minimum atomic E-state index is -0.959. The Morgan fingerprint density at radius 3 is 2.67 bits per heavy atom. The minimum Gasteiger partial charge on any atom is -0.478 e. The highest BCUT2D eigenvalue weighted by molar-refractivity contribution is 9.10. The predicted molar refractivity (Wildman–Crippen MR) is 63.5 cm³/mol. The van der Waals surface area contributed by atoms with Crippen LogP contribution < -0.4 is 0 Å². The summed E-state index contributed by atoms with van der Waals surface area (Å²) < 4.78 is 12.0. The molecule has 82 valence electrons. The van der Waals surface area contributed by atoms with E-state index in [0.717, 1.165) is 5.56 Å². The molecule has 0 amide bonds. The maximum absolute atomic E-state index is 11.3. The molecule has 5 heteroatoms. The molecule has 0 fully saturated rings. The van der Waals surface area contributed by atoms with Crippen molar-refractivity contribution in [2.45, 2.75) is 12.7 Å². The standard InChI is InChI=1S/C10H11BrO3S/c1-2-15(14)6-8-4-3-7(10(12)13)5-9(8)11/h3-5H,2,6H2,1H3,(H,12,13). The van der Waals surface area contributed by atoms with E-state index in [2.05, 4.69) is 15.9 Å². The first-order chi connectivity index (χ1) is 7.04. The summed E-state index contributed by atoms with van der Waals surface area (Å²) in [6.07, 6.45) is 0. The van der Waals surface area contributed by atoms with Gasteiger partial charge in [-0.3, -0.25) is 4.21 Å². The van der Waals surface area contributed by atoms with E-state index < -0.39 is 16.8 Å². The lowest BCUT2D eigenvalue weighted by molar-refractivity contribution is 0.0697. The van der Waals surface area contributed by atoms with Gasteiger partial charge in [0, 0.05) is 26.8 Å². The smallest absolute Gasteiger partial charge is 0.335 e. The summed E-state index contributed by atoms with van der Waals surface area (Å²) in [5, 5.41) is 8.75. The third-order valence-electron chi connectivity index (χ3n) is 1.94. The highest BCUT2D eigenvalue weighted by Gasteiger charge is 2.08. The molecular formula is C10H11BrO3S. The van der Waals surface area contributed by atoms with Crippen molar-refractivity contribution in [3.8, 4) is 0 Å². The molecule has 0 aliphatic heterocycles. The molecule has 0 bridgehead atoms. The van der Waals surface area contributed by atoms with Gasteiger partial charge < -0.3 is 5.11 Å². The Morgan fingerprint density at radius 1 is 1.53 bits per heavy atom. The topological polar surface area (TPSA) is 54.4 Å². The van der Waals surface area contributed by atoms with Gasteiger partial charge in [-0.25, -0.2) is 4.79 Å². The Bertz CT molecular complexity index is 404. The fraction of sp³-hybridized carbons (Fsp3) is 0.300. The van der Waals surface area contributed by atoms with Crippen molar-refractivity contribution < 1.29 is 14.1 Å². The number of hydrogen-bond donors (Lipinski definition) is 1. The number of benzene rings is 1. The van der Waals surface area contributed by atoms with Gasteiger partial charge in [-0.1, -0.05) is 28.9 Å². The average molecular weight is 291 g/mol. The van der Waals surface area contributed by atoms with Gasteiger partial charge in [0.05, 0.1) is 5.56 Å². The molecule has 15 heavy (non-hydrogen) atoms. The number of halogens is 1. The highest BCUT2D eigenvalue weighted by Crippen LogP contribution is 2.20. The van der Waals surface area contributed by atoms with E-state index in [-0.39, 0.29) is 5.56 Å². The van der Waals surface area contributed by atoms with E-state index in [1.165, 1.54) is 12.1 Å². The van der Waals surface area contributed by atoms with E-state index in [1.54, 1.807) is 6.07 Å². The van der Waals surface area contributed by atoms with Crippen molar-refractivity contribution >= 4 is 32.7 Å². The summed E-state index contributed by atoms with van der Waals surface area (Å²) >= 11 is 3.28. The normalized spacial score (nSPS) is 12.4. The van der Waals surface area contributed by atoms with Gasteiger partial charge in [-0.15, -0.1) is 0 Å². The molecule has 0 radical (unpaired) electrons. The van der Waals surface area contributed by atoms with Crippen LogP contribution in [0, 0.1) is 0 Å². The third-order valence-corrected chi connectivity index (χ3v) is 3.95. The summed E-state index contributed by atoms with van der Waals surface area (Å²) in [7, 11) is -0.883. The molecule has 0 spiro atoms. The zero-order chi connectivity index (χ0) is 11.4.